The minimum atomic E-state index is -0.768. The van der Waals surface area contributed by atoms with Gasteiger partial charge in [-0.3, -0.25) is 4.79 Å². The monoisotopic (exact) mass is 261 g/mol. The van der Waals surface area contributed by atoms with Gasteiger partial charge in [-0.15, -0.1) is 0 Å². The van der Waals surface area contributed by atoms with E-state index in [1.807, 2.05) is 38.2 Å². The van der Waals surface area contributed by atoms with Crippen LogP contribution in [0.25, 0.3) is 10.9 Å². The molecule has 1 unspecified atom stereocenters. The lowest BCUT2D eigenvalue weighted by atomic mass is 9.85. The Morgan fingerprint density at radius 2 is 2.16 bits per heavy atom. The van der Waals surface area contributed by atoms with Crippen molar-refractivity contribution in [1.82, 2.24) is 4.98 Å². The van der Waals surface area contributed by atoms with Crippen LogP contribution in [-0.4, -0.2) is 23.2 Å². The van der Waals surface area contributed by atoms with Gasteiger partial charge in [-0.25, -0.2) is 0 Å². The molecule has 0 aliphatic carbocycles. The third-order valence-corrected chi connectivity index (χ3v) is 3.53. The number of rotatable bonds is 5. The molecule has 102 valence electrons. The molecule has 2 N–H and O–H groups in total. The van der Waals surface area contributed by atoms with E-state index in [2.05, 4.69) is 4.98 Å². The molecule has 1 heterocycles. The summed E-state index contributed by atoms with van der Waals surface area (Å²) in [6, 6.07) is 5.82. The highest BCUT2D eigenvalue weighted by Gasteiger charge is 2.22. The van der Waals surface area contributed by atoms with Crippen molar-refractivity contribution in [3.05, 3.63) is 30.0 Å². The van der Waals surface area contributed by atoms with Crippen molar-refractivity contribution < 1.29 is 14.6 Å². The van der Waals surface area contributed by atoms with Gasteiger partial charge in [0, 0.05) is 11.6 Å². The fourth-order valence-corrected chi connectivity index (χ4v) is 2.52. The molecule has 0 bridgehead atoms. The van der Waals surface area contributed by atoms with E-state index in [1.54, 1.807) is 7.11 Å². The zero-order valence-electron chi connectivity index (χ0n) is 11.4. The van der Waals surface area contributed by atoms with Gasteiger partial charge in [0.25, 0.3) is 0 Å². The number of para-hydroxylation sites is 1. The summed E-state index contributed by atoms with van der Waals surface area (Å²) in [6.45, 7) is 4.10. The first kappa shape index (κ1) is 13.5. The maximum absolute atomic E-state index is 11.0. The number of methoxy groups -OCH3 is 1. The largest absolute Gasteiger partial charge is 0.495 e. The fourth-order valence-electron chi connectivity index (χ4n) is 2.52. The number of hydrogen-bond donors (Lipinski definition) is 2. The van der Waals surface area contributed by atoms with E-state index in [0.717, 1.165) is 22.2 Å². The molecule has 4 nitrogen and oxygen atoms in total. The zero-order chi connectivity index (χ0) is 14.0. The highest BCUT2D eigenvalue weighted by atomic mass is 16.5. The van der Waals surface area contributed by atoms with Crippen LogP contribution in [0.1, 0.15) is 31.7 Å². The number of carbonyl (C=O) groups is 1. The van der Waals surface area contributed by atoms with Crippen LogP contribution in [0.2, 0.25) is 0 Å². The van der Waals surface area contributed by atoms with Crippen LogP contribution in [0.5, 0.6) is 5.75 Å². The molecule has 1 aromatic heterocycles. The molecular weight excluding hydrogens is 242 g/mol. The number of carboxylic acids is 1. The molecule has 1 atom stereocenters. The number of fused-ring (bicyclic) bond motifs is 1. The third kappa shape index (κ3) is 2.57. The summed E-state index contributed by atoms with van der Waals surface area (Å²) in [5.41, 5.74) is 1.97. The lowest BCUT2D eigenvalue weighted by molar-refractivity contribution is -0.137. The lowest BCUT2D eigenvalue weighted by Crippen LogP contribution is -2.11. The summed E-state index contributed by atoms with van der Waals surface area (Å²) in [5, 5.41) is 10.1. The number of nitrogens with one attached hydrogen (secondary N) is 1. The van der Waals surface area contributed by atoms with Crippen LogP contribution >= 0.6 is 0 Å². The van der Waals surface area contributed by atoms with Gasteiger partial charge in [-0.05, 0) is 23.5 Å². The molecule has 0 aliphatic heterocycles. The Balaban J connectivity index is 2.51. The van der Waals surface area contributed by atoms with E-state index in [1.165, 1.54) is 0 Å². The number of aliphatic carboxylic acids is 1. The third-order valence-electron chi connectivity index (χ3n) is 3.53. The van der Waals surface area contributed by atoms with E-state index in [4.69, 9.17) is 9.84 Å². The van der Waals surface area contributed by atoms with Gasteiger partial charge in [-0.2, -0.15) is 0 Å². The van der Waals surface area contributed by atoms with E-state index in [9.17, 15) is 4.79 Å². The van der Waals surface area contributed by atoms with Crippen LogP contribution in [0.4, 0.5) is 0 Å². The molecule has 0 saturated carbocycles. The second kappa shape index (κ2) is 5.34. The van der Waals surface area contributed by atoms with Crippen LogP contribution in [-0.2, 0) is 4.79 Å². The van der Waals surface area contributed by atoms with E-state index in [0.29, 0.717) is 0 Å². The lowest BCUT2D eigenvalue weighted by Gasteiger charge is -2.18. The Kier molecular flexibility index (Phi) is 3.79. The van der Waals surface area contributed by atoms with Crippen molar-refractivity contribution in [3.8, 4) is 5.75 Å². The molecule has 0 amide bonds. The molecule has 4 heteroatoms. The Morgan fingerprint density at radius 1 is 1.42 bits per heavy atom. The maximum atomic E-state index is 11.0. The van der Waals surface area contributed by atoms with Crippen molar-refractivity contribution in [3.63, 3.8) is 0 Å². The molecular formula is C15H19NO3. The topological polar surface area (TPSA) is 62.3 Å². The second-order valence-corrected chi connectivity index (χ2v) is 5.08. The van der Waals surface area contributed by atoms with Gasteiger partial charge in [-0.1, -0.05) is 26.0 Å². The fraction of sp³-hybridized carbons (Fsp3) is 0.400. The minimum Gasteiger partial charge on any atom is -0.495 e. The Hall–Kier alpha value is -1.97. The van der Waals surface area contributed by atoms with E-state index in [-0.39, 0.29) is 18.3 Å². The molecule has 2 rings (SSSR count). The van der Waals surface area contributed by atoms with Gasteiger partial charge < -0.3 is 14.8 Å². The molecule has 1 aromatic carbocycles. The summed E-state index contributed by atoms with van der Waals surface area (Å²) in [6.07, 6.45) is 2.04. The number of aromatic nitrogens is 1. The highest BCUT2D eigenvalue weighted by molar-refractivity contribution is 5.89. The summed E-state index contributed by atoms with van der Waals surface area (Å²) in [4.78, 5) is 14.2. The first-order valence-corrected chi connectivity index (χ1v) is 6.40. The first-order valence-electron chi connectivity index (χ1n) is 6.40. The molecule has 0 fully saturated rings. The van der Waals surface area contributed by atoms with Crippen LogP contribution in [0, 0.1) is 5.92 Å². The van der Waals surface area contributed by atoms with Gasteiger partial charge >= 0.3 is 5.97 Å². The van der Waals surface area contributed by atoms with Crippen molar-refractivity contribution in [2.45, 2.75) is 26.2 Å². The standard InChI is InChI=1S/C15H19NO3/c1-9(2)11(7-14(17)18)12-8-16-15-10(12)5-4-6-13(15)19-3/h4-6,8-9,11,16H,7H2,1-3H3,(H,17,18). The van der Waals surface area contributed by atoms with E-state index >= 15 is 0 Å². The number of carboxylic acid groups (broad SMARTS) is 1. The molecule has 2 aromatic rings. The molecule has 0 spiro atoms. The average molecular weight is 261 g/mol. The minimum absolute atomic E-state index is 0.00152. The van der Waals surface area contributed by atoms with Crippen LogP contribution in [0.3, 0.4) is 0 Å². The Morgan fingerprint density at radius 3 is 2.74 bits per heavy atom. The number of ether oxygens (including phenoxy) is 1. The molecule has 0 aliphatic rings. The van der Waals surface area contributed by atoms with Gasteiger partial charge in [0.05, 0.1) is 19.0 Å². The molecule has 19 heavy (non-hydrogen) atoms. The Labute approximate surface area is 112 Å². The number of benzene rings is 1. The predicted molar refractivity (Wildman–Crippen MR) is 74.7 cm³/mol. The van der Waals surface area contributed by atoms with Crippen molar-refractivity contribution >= 4 is 16.9 Å². The molecule has 0 saturated heterocycles. The number of hydrogen-bond acceptors (Lipinski definition) is 2. The summed E-state index contributed by atoms with van der Waals surface area (Å²) >= 11 is 0. The first-order chi connectivity index (χ1) is 9.04. The van der Waals surface area contributed by atoms with Crippen LogP contribution in [0.15, 0.2) is 24.4 Å². The van der Waals surface area contributed by atoms with Crippen molar-refractivity contribution in [2.75, 3.05) is 7.11 Å². The van der Waals surface area contributed by atoms with Gasteiger partial charge in [0.15, 0.2) is 0 Å². The summed E-state index contributed by atoms with van der Waals surface area (Å²) < 4.78 is 5.31. The van der Waals surface area contributed by atoms with Crippen molar-refractivity contribution in [2.24, 2.45) is 5.92 Å². The Bertz CT molecular complexity index is 586. The zero-order valence-corrected chi connectivity index (χ0v) is 11.4. The second-order valence-electron chi connectivity index (χ2n) is 5.08. The number of H-pyrrole nitrogens is 1. The van der Waals surface area contributed by atoms with Crippen LogP contribution < -0.4 is 4.74 Å². The highest BCUT2D eigenvalue weighted by Crippen LogP contribution is 2.36. The molecule has 0 radical (unpaired) electrons. The SMILES string of the molecule is COc1cccc2c(C(CC(=O)O)C(C)C)c[nH]c12. The number of aromatic amines is 1. The predicted octanol–water partition coefficient (Wildman–Crippen LogP) is 3.39. The quantitative estimate of drug-likeness (QED) is 0.867. The van der Waals surface area contributed by atoms with Gasteiger partial charge in [0.1, 0.15) is 5.75 Å². The summed E-state index contributed by atoms with van der Waals surface area (Å²) in [5.74, 6) is 0.275. The smallest absolute Gasteiger partial charge is 0.303 e. The van der Waals surface area contributed by atoms with Gasteiger partial charge in [0.2, 0.25) is 0 Å². The average Bonchev–Trinajstić information content (AvgIpc) is 2.78. The van der Waals surface area contributed by atoms with E-state index < -0.39 is 5.97 Å². The maximum Gasteiger partial charge on any atom is 0.303 e. The van der Waals surface area contributed by atoms with Crippen molar-refractivity contribution in [1.29, 1.82) is 0 Å². The summed E-state index contributed by atoms with van der Waals surface area (Å²) in [7, 11) is 1.63. The normalized spacial score (nSPS) is 12.8.